The van der Waals surface area contributed by atoms with Gasteiger partial charge in [-0.15, -0.1) is 0 Å². The molecule has 15 heavy (non-hydrogen) atoms. The average Bonchev–Trinajstić information content (AvgIpc) is 2.09. The number of ether oxygens (including phenoxy) is 1. The molecule has 0 saturated carbocycles. The Balaban J connectivity index is 3.08. The molecule has 7 heteroatoms. The summed E-state index contributed by atoms with van der Waals surface area (Å²) in [6, 6.07) is 0.278. The van der Waals surface area contributed by atoms with Crippen LogP contribution in [0.15, 0.2) is 12.1 Å². The van der Waals surface area contributed by atoms with Crippen LogP contribution >= 0.6 is 0 Å². The van der Waals surface area contributed by atoms with E-state index in [4.69, 9.17) is 0 Å². The van der Waals surface area contributed by atoms with Crippen molar-refractivity contribution in [3.63, 3.8) is 0 Å². The highest BCUT2D eigenvalue weighted by Crippen LogP contribution is 2.28. The molecule has 0 aliphatic carbocycles. The number of alkyl halides is 4. The summed E-state index contributed by atoms with van der Waals surface area (Å²) in [6.45, 7) is -3.35. The van der Waals surface area contributed by atoms with Crippen molar-refractivity contribution in [2.75, 3.05) is 0 Å². The Hall–Kier alpha value is -1.40. The number of hydrogen-bond donors (Lipinski definition) is 0. The molecule has 0 spiro atoms. The molecule has 0 aliphatic heterocycles. The van der Waals surface area contributed by atoms with Gasteiger partial charge in [-0.1, -0.05) is 0 Å². The summed E-state index contributed by atoms with van der Waals surface area (Å²) < 4.78 is 76.4. The van der Waals surface area contributed by atoms with E-state index >= 15 is 0 Å². The summed E-state index contributed by atoms with van der Waals surface area (Å²) in [4.78, 5) is 0. The highest BCUT2D eigenvalue weighted by molar-refractivity contribution is 5.31. The second kappa shape index (κ2) is 4.41. The summed E-state index contributed by atoms with van der Waals surface area (Å²) in [5.41, 5.74) is -1.20. The van der Waals surface area contributed by atoms with E-state index in [2.05, 4.69) is 4.74 Å². The molecule has 1 nitrogen and oxygen atoms in total. The fourth-order valence-corrected chi connectivity index (χ4v) is 0.897. The van der Waals surface area contributed by atoms with E-state index < -0.39 is 36.0 Å². The molecule has 0 bridgehead atoms. The second-order valence-electron chi connectivity index (χ2n) is 2.48. The van der Waals surface area contributed by atoms with Crippen LogP contribution in [0.2, 0.25) is 0 Å². The molecule has 1 aromatic rings. The third kappa shape index (κ3) is 2.77. The Labute approximate surface area is 80.3 Å². The Bertz CT molecular complexity index is 351. The lowest BCUT2D eigenvalue weighted by Crippen LogP contribution is -2.05. The highest BCUT2D eigenvalue weighted by atomic mass is 19.3. The highest BCUT2D eigenvalue weighted by Gasteiger charge is 2.19. The van der Waals surface area contributed by atoms with E-state index in [1.54, 1.807) is 0 Å². The Morgan fingerprint density at radius 3 is 2.00 bits per heavy atom. The van der Waals surface area contributed by atoms with Crippen molar-refractivity contribution in [1.29, 1.82) is 0 Å². The summed E-state index contributed by atoms with van der Waals surface area (Å²) in [6.07, 6.45) is -3.22. The first-order chi connectivity index (χ1) is 6.91. The molecule has 0 heterocycles. The largest absolute Gasteiger partial charge is 0.432 e. The standard InChI is InChI=1S/C8H4F6O/c9-4-2-6(15-8(13)14)5(10)1-3(4)7(11)12/h1-2,7-8H. The molecule has 0 aliphatic rings. The zero-order valence-corrected chi connectivity index (χ0v) is 6.99. The first-order valence-corrected chi connectivity index (χ1v) is 3.63. The molecule has 0 saturated heterocycles. The predicted molar refractivity (Wildman–Crippen MR) is 37.9 cm³/mol. The van der Waals surface area contributed by atoms with Crippen molar-refractivity contribution in [1.82, 2.24) is 0 Å². The lowest BCUT2D eigenvalue weighted by molar-refractivity contribution is -0.0524. The van der Waals surface area contributed by atoms with Crippen LogP contribution in [0.5, 0.6) is 5.75 Å². The van der Waals surface area contributed by atoms with Crippen LogP contribution in [0, 0.1) is 11.6 Å². The zero-order chi connectivity index (χ0) is 11.6. The van der Waals surface area contributed by atoms with E-state index in [0.717, 1.165) is 0 Å². The fraction of sp³-hybridized carbons (Fsp3) is 0.250. The first-order valence-electron chi connectivity index (χ1n) is 3.63. The minimum absolute atomic E-state index is 0.123. The van der Waals surface area contributed by atoms with Gasteiger partial charge in [-0.2, -0.15) is 8.78 Å². The van der Waals surface area contributed by atoms with Crippen molar-refractivity contribution >= 4 is 0 Å². The van der Waals surface area contributed by atoms with Gasteiger partial charge in [0.05, 0.1) is 5.56 Å². The smallest absolute Gasteiger partial charge is 0.387 e. The van der Waals surface area contributed by atoms with Crippen molar-refractivity contribution in [3.05, 3.63) is 29.3 Å². The van der Waals surface area contributed by atoms with Gasteiger partial charge in [-0.05, 0) is 6.07 Å². The quantitative estimate of drug-likeness (QED) is 0.722. The minimum Gasteiger partial charge on any atom is -0.432 e. The molecule has 0 fully saturated rings. The number of halogens is 6. The monoisotopic (exact) mass is 230 g/mol. The topological polar surface area (TPSA) is 9.23 Å². The average molecular weight is 230 g/mol. The van der Waals surface area contributed by atoms with Gasteiger partial charge in [0, 0.05) is 6.07 Å². The molecule has 0 atom stereocenters. The SMILES string of the molecule is Fc1cc(C(F)F)c(F)cc1OC(F)F. The molecular formula is C8H4F6O. The normalized spacial score (nSPS) is 11.2. The molecule has 1 rings (SSSR count). The summed E-state index contributed by atoms with van der Waals surface area (Å²) in [5.74, 6) is -4.07. The molecular weight excluding hydrogens is 226 g/mol. The number of hydrogen-bond acceptors (Lipinski definition) is 1. The summed E-state index contributed by atoms with van der Waals surface area (Å²) in [5, 5.41) is 0. The molecule has 1 aromatic carbocycles. The lowest BCUT2D eigenvalue weighted by Gasteiger charge is -2.08. The van der Waals surface area contributed by atoms with E-state index in [0.29, 0.717) is 0 Å². The van der Waals surface area contributed by atoms with Crippen LogP contribution in [0.1, 0.15) is 12.0 Å². The van der Waals surface area contributed by atoms with Gasteiger partial charge in [0.1, 0.15) is 5.82 Å². The van der Waals surface area contributed by atoms with Gasteiger partial charge in [-0.3, -0.25) is 0 Å². The van der Waals surface area contributed by atoms with Crippen LogP contribution in [0.4, 0.5) is 26.3 Å². The number of rotatable bonds is 3. The molecule has 84 valence electrons. The summed E-state index contributed by atoms with van der Waals surface area (Å²) >= 11 is 0. The first kappa shape index (κ1) is 11.7. The van der Waals surface area contributed by atoms with E-state index in [1.807, 2.05) is 0 Å². The van der Waals surface area contributed by atoms with Crippen LogP contribution in [-0.4, -0.2) is 6.61 Å². The molecule has 0 unspecified atom stereocenters. The second-order valence-corrected chi connectivity index (χ2v) is 2.48. The van der Waals surface area contributed by atoms with Crippen LogP contribution in [0.3, 0.4) is 0 Å². The molecule has 0 amide bonds. The van der Waals surface area contributed by atoms with Crippen molar-refractivity contribution in [3.8, 4) is 5.75 Å². The maximum atomic E-state index is 12.8. The van der Waals surface area contributed by atoms with Crippen molar-refractivity contribution in [2.45, 2.75) is 13.0 Å². The van der Waals surface area contributed by atoms with Gasteiger partial charge in [0.2, 0.25) is 0 Å². The Kier molecular flexibility index (Phi) is 3.43. The van der Waals surface area contributed by atoms with Gasteiger partial charge >= 0.3 is 6.61 Å². The minimum atomic E-state index is -3.35. The van der Waals surface area contributed by atoms with Gasteiger partial charge < -0.3 is 4.74 Å². The third-order valence-electron chi connectivity index (χ3n) is 1.50. The third-order valence-corrected chi connectivity index (χ3v) is 1.50. The fourth-order valence-electron chi connectivity index (χ4n) is 0.897. The summed E-state index contributed by atoms with van der Waals surface area (Å²) in [7, 11) is 0. The van der Waals surface area contributed by atoms with Gasteiger partial charge in [0.15, 0.2) is 11.6 Å². The van der Waals surface area contributed by atoms with Crippen LogP contribution in [-0.2, 0) is 0 Å². The van der Waals surface area contributed by atoms with E-state index in [1.165, 1.54) is 0 Å². The maximum absolute atomic E-state index is 12.8. The maximum Gasteiger partial charge on any atom is 0.387 e. The number of benzene rings is 1. The van der Waals surface area contributed by atoms with Crippen molar-refractivity contribution in [2.24, 2.45) is 0 Å². The van der Waals surface area contributed by atoms with Crippen LogP contribution < -0.4 is 4.74 Å². The van der Waals surface area contributed by atoms with Crippen molar-refractivity contribution < 1.29 is 31.1 Å². The molecule has 0 N–H and O–H groups in total. The molecule has 0 radical (unpaired) electrons. The van der Waals surface area contributed by atoms with Gasteiger partial charge in [-0.25, -0.2) is 17.6 Å². The van der Waals surface area contributed by atoms with Crippen LogP contribution in [0.25, 0.3) is 0 Å². The lowest BCUT2D eigenvalue weighted by atomic mass is 10.2. The molecule has 0 aromatic heterocycles. The van der Waals surface area contributed by atoms with E-state index in [-0.39, 0.29) is 12.1 Å². The Morgan fingerprint density at radius 1 is 0.933 bits per heavy atom. The van der Waals surface area contributed by atoms with E-state index in [9.17, 15) is 26.3 Å². The van der Waals surface area contributed by atoms with Gasteiger partial charge in [0.25, 0.3) is 6.43 Å². The predicted octanol–water partition coefficient (Wildman–Crippen LogP) is 3.50. The zero-order valence-electron chi connectivity index (χ0n) is 6.99. The Morgan fingerprint density at radius 2 is 1.53 bits per heavy atom.